The molecule has 0 aliphatic heterocycles. The molecule has 0 saturated heterocycles. The summed E-state index contributed by atoms with van der Waals surface area (Å²) < 4.78 is 34.5. The number of hydrogen-bond acceptors (Lipinski definition) is 3. The van der Waals surface area contributed by atoms with Crippen LogP contribution in [-0.4, -0.2) is 23.9 Å². The Morgan fingerprint density at radius 1 is 1.47 bits per heavy atom. The zero-order valence-electron chi connectivity index (χ0n) is 6.80. The molecular formula is C7H2Cl3FO3S. The third kappa shape index (κ3) is 2.42. The highest BCUT2D eigenvalue weighted by Crippen LogP contribution is 2.30. The second-order valence-electron chi connectivity index (χ2n) is 2.50. The molecule has 0 aromatic rings. The van der Waals surface area contributed by atoms with Crippen molar-refractivity contribution < 1.29 is 17.6 Å². The summed E-state index contributed by atoms with van der Waals surface area (Å²) in [5.41, 5.74) is -0.362. The van der Waals surface area contributed by atoms with E-state index in [0.29, 0.717) is 6.08 Å². The van der Waals surface area contributed by atoms with E-state index < -0.39 is 36.6 Å². The SMILES string of the molecule is O=C(Cl)C1=CC(F)=C(Cl)C(=S(=O)=O)C1Cl. The lowest BCUT2D eigenvalue weighted by Gasteiger charge is -2.15. The molecule has 82 valence electrons. The smallest absolute Gasteiger partial charge is 0.250 e. The molecule has 0 spiro atoms. The maximum Gasteiger partial charge on any atom is 0.250 e. The molecule has 0 radical (unpaired) electrons. The predicted molar refractivity (Wildman–Crippen MR) is 56.5 cm³/mol. The van der Waals surface area contributed by atoms with Gasteiger partial charge in [-0.1, -0.05) is 11.6 Å². The molecule has 8 heteroatoms. The summed E-state index contributed by atoms with van der Waals surface area (Å²) in [5.74, 6) is -1.06. The van der Waals surface area contributed by atoms with Crippen LogP contribution in [0.2, 0.25) is 0 Å². The monoisotopic (exact) mass is 290 g/mol. The second-order valence-corrected chi connectivity index (χ2v) is 4.56. The van der Waals surface area contributed by atoms with Gasteiger partial charge < -0.3 is 0 Å². The van der Waals surface area contributed by atoms with E-state index in [2.05, 4.69) is 0 Å². The fourth-order valence-corrected chi connectivity index (χ4v) is 2.61. The maximum atomic E-state index is 13.1. The fraction of sp³-hybridized carbons (Fsp3) is 0.143. The molecule has 1 atom stereocenters. The minimum atomic E-state index is -2.82. The summed E-state index contributed by atoms with van der Waals surface area (Å²) in [4.78, 5) is 10.2. The van der Waals surface area contributed by atoms with Crippen LogP contribution in [0.5, 0.6) is 0 Å². The Balaban J connectivity index is 3.51. The Bertz CT molecular complexity index is 510. The Kier molecular flexibility index (Phi) is 3.94. The molecule has 1 rings (SSSR count). The molecule has 1 aliphatic rings. The van der Waals surface area contributed by atoms with E-state index in [1.165, 1.54) is 0 Å². The Morgan fingerprint density at radius 3 is 2.40 bits per heavy atom. The first-order valence-electron chi connectivity index (χ1n) is 3.43. The van der Waals surface area contributed by atoms with Crippen LogP contribution < -0.4 is 0 Å². The third-order valence-corrected chi connectivity index (χ3v) is 3.71. The van der Waals surface area contributed by atoms with Crippen LogP contribution in [0.3, 0.4) is 0 Å². The van der Waals surface area contributed by atoms with Gasteiger partial charge in [-0.25, -0.2) is 4.39 Å². The minimum absolute atomic E-state index is 0.362. The molecule has 0 saturated carbocycles. The Morgan fingerprint density at radius 2 is 2.00 bits per heavy atom. The van der Waals surface area contributed by atoms with E-state index in [4.69, 9.17) is 34.8 Å². The lowest BCUT2D eigenvalue weighted by atomic mass is 10.0. The van der Waals surface area contributed by atoms with Crippen molar-refractivity contribution >= 4 is 55.2 Å². The first-order valence-corrected chi connectivity index (χ1v) is 5.70. The zero-order valence-corrected chi connectivity index (χ0v) is 9.88. The molecule has 0 aromatic heterocycles. The first-order chi connectivity index (χ1) is 6.86. The number of alkyl halides is 1. The van der Waals surface area contributed by atoms with Crippen LogP contribution in [0, 0.1) is 0 Å². The summed E-state index contributed by atoms with van der Waals surface area (Å²) in [6.07, 6.45) is 0.714. The van der Waals surface area contributed by atoms with Crippen molar-refractivity contribution in [2.24, 2.45) is 0 Å². The van der Waals surface area contributed by atoms with Gasteiger partial charge in [-0.2, -0.15) is 8.42 Å². The van der Waals surface area contributed by atoms with E-state index >= 15 is 0 Å². The van der Waals surface area contributed by atoms with Gasteiger partial charge in [0, 0.05) is 5.57 Å². The standard InChI is InChI=1S/C7H2Cl3FO3S/c8-4-2(7(10)12)1-3(11)5(9)6(4)15(13)14/h1,4H. The molecule has 1 unspecified atom stereocenters. The summed E-state index contributed by atoms with van der Waals surface area (Å²) in [6.45, 7) is 0. The molecule has 0 N–H and O–H groups in total. The van der Waals surface area contributed by atoms with Crippen molar-refractivity contribution in [3.63, 3.8) is 0 Å². The van der Waals surface area contributed by atoms with Crippen LogP contribution in [-0.2, 0) is 15.1 Å². The van der Waals surface area contributed by atoms with Crippen LogP contribution in [0.15, 0.2) is 22.5 Å². The van der Waals surface area contributed by atoms with Crippen molar-refractivity contribution in [1.29, 1.82) is 0 Å². The minimum Gasteiger partial charge on any atom is -0.276 e. The van der Waals surface area contributed by atoms with E-state index in [-0.39, 0.29) is 5.57 Å². The van der Waals surface area contributed by atoms with E-state index in [9.17, 15) is 17.6 Å². The number of hydrogen-bond donors (Lipinski definition) is 0. The lowest BCUT2D eigenvalue weighted by molar-refractivity contribution is -0.108. The highest BCUT2D eigenvalue weighted by Gasteiger charge is 2.32. The van der Waals surface area contributed by atoms with Gasteiger partial charge in [-0.3, -0.25) is 4.79 Å². The topological polar surface area (TPSA) is 51.2 Å². The molecule has 0 fully saturated rings. The van der Waals surface area contributed by atoms with Crippen LogP contribution in [0.4, 0.5) is 4.39 Å². The van der Waals surface area contributed by atoms with Gasteiger partial charge in [0.1, 0.15) is 16.1 Å². The number of allylic oxidation sites excluding steroid dienone is 4. The van der Waals surface area contributed by atoms with E-state index in [1.54, 1.807) is 0 Å². The number of carbonyl (C=O) groups is 1. The molecule has 0 aromatic carbocycles. The van der Waals surface area contributed by atoms with Crippen LogP contribution in [0.25, 0.3) is 0 Å². The molecule has 15 heavy (non-hydrogen) atoms. The van der Waals surface area contributed by atoms with E-state index in [0.717, 1.165) is 0 Å². The van der Waals surface area contributed by atoms with Crippen molar-refractivity contribution in [3.05, 3.63) is 22.5 Å². The summed E-state index contributed by atoms with van der Waals surface area (Å²) in [5, 5.41) is -3.03. The predicted octanol–water partition coefficient (Wildman–Crippen LogP) is 1.77. The number of carbonyl (C=O) groups excluding carboxylic acids is 1. The molecule has 1 aliphatic carbocycles. The molecule has 0 heterocycles. The van der Waals surface area contributed by atoms with Gasteiger partial charge in [0.25, 0.3) is 0 Å². The zero-order chi connectivity index (χ0) is 11.7. The van der Waals surface area contributed by atoms with Crippen molar-refractivity contribution in [3.8, 4) is 0 Å². The fourth-order valence-electron chi connectivity index (χ4n) is 0.957. The average Bonchev–Trinajstić information content (AvgIpc) is 2.10. The lowest BCUT2D eigenvalue weighted by Crippen LogP contribution is -2.25. The Labute approximate surface area is 101 Å². The Hall–Kier alpha value is -0.360. The van der Waals surface area contributed by atoms with Gasteiger partial charge >= 0.3 is 0 Å². The van der Waals surface area contributed by atoms with Gasteiger partial charge in [0.2, 0.25) is 15.5 Å². The van der Waals surface area contributed by atoms with Crippen molar-refractivity contribution in [2.75, 3.05) is 0 Å². The van der Waals surface area contributed by atoms with Gasteiger partial charge in [-0.05, 0) is 17.7 Å². The largest absolute Gasteiger partial charge is 0.276 e. The highest BCUT2D eigenvalue weighted by atomic mass is 35.5. The average molecular weight is 292 g/mol. The summed E-state index contributed by atoms with van der Waals surface area (Å²) in [7, 11) is -2.82. The summed E-state index contributed by atoms with van der Waals surface area (Å²) in [6, 6.07) is 0. The molecule has 0 amide bonds. The number of rotatable bonds is 1. The number of halogens is 4. The molecule has 0 bridgehead atoms. The van der Waals surface area contributed by atoms with Crippen molar-refractivity contribution in [1.82, 2.24) is 0 Å². The molecular weight excluding hydrogens is 289 g/mol. The quantitative estimate of drug-likeness (QED) is 0.420. The highest BCUT2D eigenvalue weighted by molar-refractivity contribution is 7.74. The normalized spacial score (nSPS) is 21.5. The third-order valence-electron chi connectivity index (χ3n) is 1.62. The first kappa shape index (κ1) is 12.7. The summed E-state index contributed by atoms with van der Waals surface area (Å²) >= 11 is 16.1. The van der Waals surface area contributed by atoms with Gasteiger partial charge in [0.05, 0.1) is 5.03 Å². The van der Waals surface area contributed by atoms with E-state index in [1.807, 2.05) is 0 Å². The van der Waals surface area contributed by atoms with Crippen molar-refractivity contribution in [2.45, 2.75) is 5.38 Å². The maximum absolute atomic E-state index is 13.1. The van der Waals surface area contributed by atoms with Crippen LogP contribution >= 0.6 is 34.8 Å². The second kappa shape index (κ2) is 4.65. The van der Waals surface area contributed by atoms with Crippen LogP contribution in [0.1, 0.15) is 0 Å². The molecule has 3 nitrogen and oxygen atoms in total. The van der Waals surface area contributed by atoms with Gasteiger partial charge in [-0.15, -0.1) is 11.6 Å². The van der Waals surface area contributed by atoms with Gasteiger partial charge in [0.15, 0.2) is 0 Å².